The summed E-state index contributed by atoms with van der Waals surface area (Å²) in [5, 5.41) is 0. The van der Waals surface area contributed by atoms with Crippen LogP contribution in [0.15, 0.2) is 30.3 Å². The fraction of sp³-hybridized carbons (Fsp3) is 0.588. The van der Waals surface area contributed by atoms with Crippen molar-refractivity contribution >= 4 is 15.9 Å². The maximum absolute atomic E-state index is 12.1. The largest absolute Gasteiger partial charge is 0.381 e. The van der Waals surface area contributed by atoms with Crippen LogP contribution in [0.2, 0.25) is 0 Å². The van der Waals surface area contributed by atoms with Crippen molar-refractivity contribution in [1.29, 1.82) is 0 Å². The molecule has 134 valence electrons. The van der Waals surface area contributed by atoms with Crippen molar-refractivity contribution in [2.45, 2.75) is 19.3 Å². The van der Waals surface area contributed by atoms with E-state index in [1.807, 2.05) is 18.2 Å². The topological polar surface area (TPSA) is 66.9 Å². The molecule has 1 saturated heterocycles. The molecule has 1 aliphatic rings. The highest BCUT2D eigenvalue weighted by Crippen LogP contribution is 2.08. The predicted molar refractivity (Wildman–Crippen MR) is 93.2 cm³/mol. The average molecular weight is 354 g/mol. The van der Waals surface area contributed by atoms with Gasteiger partial charge in [0.05, 0.1) is 12.9 Å². The average Bonchev–Trinajstić information content (AvgIpc) is 2.58. The number of carbonyl (C=O) groups is 1. The van der Waals surface area contributed by atoms with E-state index in [2.05, 4.69) is 12.1 Å². The van der Waals surface area contributed by atoms with Gasteiger partial charge in [0, 0.05) is 39.2 Å². The van der Waals surface area contributed by atoms with Crippen molar-refractivity contribution in [3.05, 3.63) is 35.9 Å². The number of sulfonamides is 1. The van der Waals surface area contributed by atoms with Crippen molar-refractivity contribution in [3.8, 4) is 0 Å². The number of rotatable bonds is 8. The minimum atomic E-state index is -3.15. The Morgan fingerprint density at radius 1 is 1.08 bits per heavy atom. The summed E-state index contributed by atoms with van der Waals surface area (Å²) in [6.45, 7) is 2.95. The summed E-state index contributed by atoms with van der Waals surface area (Å²) in [5.74, 6) is 0.0785. The smallest absolute Gasteiger partial charge is 0.222 e. The maximum Gasteiger partial charge on any atom is 0.222 e. The quantitative estimate of drug-likeness (QED) is 0.657. The highest BCUT2D eigenvalue weighted by molar-refractivity contribution is 7.88. The molecule has 0 saturated carbocycles. The van der Waals surface area contributed by atoms with E-state index in [9.17, 15) is 13.2 Å². The van der Waals surface area contributed by atoms with Crippen molar-refractivity contribution in [2.24, 2.45) is 0 Å². The maximum atomic E-state index is 12.1. The van der Waals surface area contributed by atoms with Crippen molar-refractivity contribution < 1.29 is 17.9 Å². The highest BCUT2D eigenvalue weighted by atomic mass is 32.2. The first-order valence-corrected chi connectivity index (χ1v) is 10.2. The van der Waals surface area contributed by atoms with Crippen LogP contribution in [0.1, 0.15) is 18.4 Å². The summed E-state index contributed by atoms with van der Waals surface area (Å²) in [7, 11) is -3.15. The van der Waals surface area contributed by atoms with Crippen LogP contribution in [-0.4, -0.2) is 69.2 Å². The zero-order chi connectivity index (χ0) is 17.4. The zero-order valence-corrected chi connectivity index (χ0v) is 15.0. The first kappa shape index (κ1) is 18.9. The molecule has 0 aromatic heterocycles. The number of ether oxygens (including phenoxy) is 1. The summed E-state index contributed by atoms with van der Waals surface area (Å²) in [5.41, 5.74) is 1.25. The minimum absolute atomic E-state index is 0.0785. The second kappa shape index (κ2) is 9.15. The molecule has 1 aromatic rings. The Kier molecular flexibility index (Phi) is 7.20. The molecule has 0 spiro atoms. The number of carbonyl (C=O) groups excluding carboxylic acids is 1. The van der Waals surface area contributed by atoms with Crippen LogP contribution in [0.25, 0.3) is 0 Å². The van der Waals surface area contributed by atoms with E-state index in [0.717, 1.165) is 6.42 Å². The van der Waals surface area contributed by atoms with Crippen LogP contribution < -0.4 is 0 Å². The van der Waals surface area contributed by atoms with Gasteiger partial charge in [-0.05, 0) is 18.4 Å². The molecule has 1 fully saturated rings. The molecule has 1 heterocycles. The van der Waals surface area contributed by atoms with Crippen LogP contribution in [0.4, 0.5) is 0 Å². The molecule has 1 aromatic carbocycles. The van der Waals surface area contributed by atoms with E-state index in [1.165, 1.54) is 16.1 Å². The molecule has 0 radical (unpaired) electrons. The van der Waals surface area contributed by atoms with Crippen molar-refractivity contribution in [1.82, 2.24) is 9.21 Å². The summed E-state index contributed by atoms with van der Waals surface area (Å²) in [4.78, 5) is 13.9. The third-order valence-electron chi connectivity index (χ3n) is 4.12. The zero-order valence-electron chi connectivity index (χ0n) is 14.2. The van der Waals surface area contributed by atoms with E-state index < -0.39 is 10.0 Å². The van der Waals surface area contributed by atoms with E-state index >= 15 is 0 Å². The van der Waals surface area contributed by atoms with Gasteiger partial charge in [-0.25, -0.2) is 8.42 Å². The van der Waals surface area contributed by atoms with Gasteiger partial charge in [0.1, 0.15) is 0 Å². The summed E-state index contributed by atoms with van der Waals surface area (Å²) >= 11 is 0. The molecule has 0 N–H and O–H groups in total. The molecule has 24 heavy (non-hydrogen) atoms. The second-order valence-corrected chi connectivity index (χ2v) is 7.98. The number of hydrogen-bond acceptors (Lipinski definition) is 4. The van der Waals surface area contributed by atoms with Gasteiger partial charge in [0.15, 0.2) is 0 Å². The molecule has 7 heteroatoms. The Morgan fingerprint density at radius 2 is 1.75 bits per heavy atom. The van der Waals surface area contributed by atoms with Crippen LogP contribution in [0.5, 0.6) is 0 Å². The SMILES string of the molecule is CS(=O)(=O)N1CCN(C(=O)CCCOCCc2ccccc2)CC1. The standard InChI is InChI=1S/C17H26N2O4S/c1-24(21,22)19-12-10-18(11-13-19)17(20)8-5-14-23-15-9-16-6-3-2-4-7-16/h2-4,6-7H,5,8-15H2,1H3. The first-order chi connectivity index (χ1) is 11.5. The summed E-state index contributed by atoms with van der Waals surface area (Å²) < 4.78 is 29.9. The van der Waals surface area contributed by atoms with Gasteiger partial charge in [-0.1, -0.05) is 30.3 Å². The van der Waals surface area contributed by atoms with Crippen LogP contribution in [-0.2, 0) is 26.0 Å². The van der Waals surface area contributed by atoms with Gasteiger partial charge in [-0.15, -0.1) is 0 Å². The predicted octanol–water partition coefficient (Wildman–Crippen LogP) is 1.13. The molecular formula is C17H26N2O4S. The van der Waals surface area contributed by atoms with Crippen molar-refractivity contribution in [3.63, 3.8) is 0 Å². The monoisotopic (exact) mass is 354 g/mol. The van der Waals surface area contributed by atoms with Gasteiger partial charge in [-0.2, -0.15) is 4.31 Å². The number of piperazine rings is 1. The molecule has 0 unspecified atom stereocenters. The molecule has 1 amide bonds. The van der Waals surface area contributed by atoms with E-state index in [1.54, 1.807) is 4.90 Å². The Labute approximate surface area is 144 Å². The minimum Gasteiger partial charge on any atom is -0.381 e. The molecule has 0 bridgehead atoms. The van der Waals surface area contributed by atoms with Crippen LogP contribution in [0.3, 0.4) is 0 Å². The molecular weight excluding hydrogens is 328 g/mol. The second-order valence-electron chi connectivity index (χ2n) is 5.99. The number of amides is 1. The molecule has 2 rings (SSSR count). The number of benzene rings is 1. The van der Waals surface area contributed by atoms with E-state index in [0.29, 0.717) is 52.2 Å². The lowest BCUT2D eigenvalue weighted by atomic mass is 10.2. The molecule has 1 aliphatic heterocycles. The number of nitrogens with zero attached hydrogens (tertiary/aromatic N) is 2. The molecule has 0 aliphatic carbocycles. The van der Waals surface area contributed by atoms with Crippen molar-refractivity contribution in [2.75, 3.05) is 45.6 Å². The normalized spacial score (nSPS) is 16.3. The molecule has 6 nitrogen and oxygen atoms in total. The fourth-order valence-electron chi connectivity index (χ4n) is 2.69. The molecule has 0 atom stereocenters. The Morgan fingerprint density at radius 3 is 2.38 bits per heavy atom. The fourth-order valence-corrected chi connectivity index (χ4v) is 3.52. The summed E-state index contributed by atoms with van der Waals surface area (Å²) in [6.07, 6.45) is 3.23. The van der Waals surface area contributed by atoms with Gasteiger partial charge < -0.3 is 9.64 Å². The van der Waals surface area contributed by atoms with Gasteiger partial charge >= 0.3 is 0 Å². The van der Waals surface area contributed by atoms with Gasteiger partial charge in [0.25, 0.3) is 0 Å². The van der Waals surface area contributed by atoms with E-state index in [4.69, 9.17) is 4.74 Å². The first-order valence-electron chi connectivity index (χ1n) is 8.31. The lowest BCUT2D eigenvalue weighted by Gasteiger charge is -2.33. The Bertz CT molecular complexity index is 611. The third-order valence-corrected chi connectivity index (χ3v) is 5.42. The lowest BCUT2D eigenvalue weighted by molar-refractivity contribution is -0.132. The highest BCUT2D eigenvalue weighted by Gasteiger charge is 2.25. The number of hydrogen-bond donors (Lipinski definition) is 0. The third kappa shape index (κ3) is 6.22. The van der Waals surface area contributed by atoms with E-state index in [-0.39, 0.29) is 5.91 Å². The Balaban J connectivity index is 1.56. The van der Waals surface area contributed by atoms with Gasteiger partial charge in [0.2, 0.25) is 15.9 Å². The van der Waals surface area contributed by atoms with Crippen LogP contribution >= 0.6 is 0 Å². The van der Waals surface area contributed by atoms with Gasteiger partial charge in [-0.3, -0.25) is 4.79 Å². The van der Waals surface area contributed by atoms with Crippen LogP contribution in [0, 0.1) is 0 Å². The summed E-state index contributed by atoms with van der Waals surface area (Å²) in [6, 6.07) is 10.2. The Hall–Kier alpha value is -1.44. The lowest BCUT2D eigenvalue weighted by Crippen LogP contribution is -2.50.